The quantitative estimate of drug-likeness (QED) is 0.793. The van der Waals surface area contributed by atoms with Crippen LogP contribution in [0.25, 0.3) is 6.08 Å². The Labute approximate surface area is 155 Å². The Morgan fingerprint density at radius 1 is 1.04 bits per heavy atom. The lowest BCUT2D eigenvalue weighted by Gasteiger charge is -2.15. The summed E-state index contributed by atoms with van der Waals surface area (Å²) in [5, 5.41) is 2.79. The van der Waals surface area contributed by atoms with Crippen molar-refractivity contribution in [3.8, 4) is 0 Å². The van der Waals surface area contributed by atoms with E-state index in [2.05, 4.69) is 31.3 Å². The molecule has 0 bridgehead atoms. The SMILES string of the molecule is Cc1ccc(NC(=O)CN(C)C(=O)/C=C/c2ccc(C(C)C)cc2)cc1. The van der Waals surface area contributed by atoms with Gasteiger partial charge in [0, 0.05) is 18.8 Å². The second-order valence-electron chi connectivity index (χ2n) is 6.76. The molecule has 4 nitrogen and oxygen atoms in total. The fourth-order valence-corrected chi connectivity index (χ4v) is 2.42. The number of carbonyl (C=O) groups excluding carboxylic acids is 2. The van der Waals surface area contributed by atoms with Crippen LogP contribution in [0.4, 0.5) is 5.69 Å². The number of amides is 2. The van der Waals surface area contributed by atoms with Crippen molar-refractivity contribution in [2.45, 2.75) is 26.7 Å². The van der Waals surface area contributed by atoms with E-state index >= 15 is 0 Å². The van der Waals surface area contributed by atoms with Crippen molar-refractivity contribution in [2.24, 2.45) is 0 Å². The summed E-state index contributed by atoms with van der Waals surface area (Å²) in [6.07, 6.45) is 3.25. The van der Waals surface area contributed by atoms with E-state index in [1.54, 1.807) is 13.1 Å². The van der Waals surface area contributed by atoms with Gasteiger partial charge < -0.3 is 10.2 Å². The van der Waals surface area contributed by atoms with Crippen LogP contribution in [0.15, 0.2) is 54.6 Å². The topological polar surface area (TPSA) is 49.4 Å². The minimum absolute atomic E-state index is 0.00331. The summed E-state index contributed by atoms with van der Waals surface area (Å²) >= 11 is 0. The number of hydrogen-bond acceptors (Lipinski definition) is 2. The second-order valence-corrected chi connectivity index (χ2v) is 6.76. The van der Waals surface area contributed by atoms with E-state index in [0.29, 0.717) is 5.92 Å². The van der Waals surface area contributed by atoms with E-state index < -0.39 is 0 Å². The summed E-state index contributed by atoms with van der Waals surface area (Å²) < 4.78 is 0. The maximum atomic E-state index is 12.2. The summed E-state index contributed by atoms with van der Waals surface area (Å²) in [6.45, 7) is 6.28. The van der Waals surface area contributed by atoms with E-state index in [0.717, 1.165) is 16.8 Å². The van der Waals surface area contributed by atoms with E-state index in [-0.39, 0.29) is 18.4 Å². The zero-order valence-electron chi connectivity index (χ0n) is 15.8. The van der Waals surface area contributed by atoms with Gasteiger partial charge in [0.1, 0.15) is 0 Å². The van der Waals surface area contributed by atoms with Gasteiger partial charge in [0.25, 0.3) is 0 Å². The Morgan fingerprint density at radius 2 is 1.65 bits per heavy atom. The average Bonchev–Trinajstić information content (AvgIpc) is 2.61. The molecule has 0 fully saturated rings. The van der Waals surface area contributed by atoms with Crippen LogP contribution in [0.5, 0.6) is 0 Å². The first-order valence-corrected chi connectivity index (χ1v) is 8.75. The number of benzene rings is 2. The van der Waals surface area contributed by atoms with Crippen LogP contribution in [0.3, 0.4) is 0 Å². The smallest absolute Gasteiger partial charge is 0.246 e. The Hall–Kier alpha value is -2.88. The van der Waals surface area contributed by atoms with E-state index in [1.807, 2.05) is 43.3 Å². The summed E-state index contributed by atoms with van der Waals surface area (Å²) in [4.78, 5) is 25.6. The molecule has 4 heteroatoms. The lowest BCUT2D eigenvalue weighted by atomic mass is 10.0. The molecule has 0 aliphatic rings. The first-order chi connectivity index (χ1) is 12.3. The van der Waals surface area contributed by atoms with Gasteiger partial charge in [-0.1, -0.05) is 55.8 Å². The van der Waals surface area contributed by atoms with Crippen molar-refractivity contribution >= 4 is 23.6 Å². The number of aryl methyl sites for hydroxylation is 1. The molecule has 0 saturated carbocycles. The van der Waals surface area contributed by atoms with Crippen LogP contribution in [-0.2, 0) is 9.59 Å². The maximum absolute atomic E-state index is 12.2. The number of carbonyl (C=O) groups is 2. The predicted molar refractivity (Wildman–Crippen MR) is 107 cm³/mol. The third kappa shape index (κ3) is 5.88. The van der Waals surface area contributed by atoms with Gasteiger partial charge in [-0.2, -0.15) is 0 Å². The first-order valence-electron chi connectivity index (χ1n) is 8.75. The van der Waals surface area contributed by atoms with E-state index in [4.69, 9.17) is 0 Å². The molecule has 26 heavy (non-hydrogen) atoms. The van der Waals surface area contributed by atoms with Crippen LogP contribution in [-0.4, -0.2) is 30.3 Å². The van der Waals surface area contributed by atoms with Gasteiger partial charge in [0.2, 0.25) is 11.8 Å². The lowest BCUT2D eigenvalue weighted by Crippen LogP contribution is -2.33. The summed E-state index contributed by atoms with van der Waals surface area (Å²) in [6, 6.07) is 15.6. The van der Waals surface area contributed by atoms with Crippen LogP contribution in [0, 0.1) is 6.92 Å². The Kier molecular flexibility index (Phi) is 6.73. The standard InChI is InChI=1S/C22H26N2O2/c1-16(2)19-10-7-18(8-11-19)9-14-22(26)24(4)15-21(25)23-20-12-5-17(3)6-13-20/h5-14,16H,15H2,1-4H3,(H,23,25)/b14-9+. The third-order valence-corrected chi connectivity index (χ3v) is 4.11. The molecule has 0 aliphatic heterocycles. The molecular weight excluding hydrogens is 324 g/mol. The molecule has 1 N–H and O–H groups in total. The van der Waals surface area contributed by atoms with Gasteiger partial charge in [0.15, 0.2) is 0 Å². The predicted octanol–water partition coefficient (Wildman–Crippen LogP) is 4.23. The van der Waals surface area contributed by atoms with E-state index in [9.17, 15) is 9.59 Å². The Bertz CT molecular complexity index is 775. The first kappa shape index (κ1) is 19.4. The summed E-state index contributed by atoms with van der Waals surface area (Å²) in [7, 11) is 1.61. The van der Waals surface area contributed by atoms with E-state index in [1.165, 1.54) is 16.5 Å². The molecule has 136 valence electrons. The highest BCUT2D eigenvalue weighted by molar-refractivity contribution is 5.97. The van der Waals surface area contributed by atoms with Crippen molar-refractivity contribution < 1.29 is 9.59 Å². The lowest BCUT2D eigenvalue weighted by molar-refractivity contribution is -0.129. The van der Waals surface area contributed by atoms with Gasteiger partial charge >= 0.3 is 0 Å². The van der Waals surface area contributed by atoms with Gasteiger partial charge in [-0.3, -0.25) is 9.59 Å². The molecule has 0 aliphatic carbocycles. The van der Waals surface area contributed by atoms with Crippen LogP contribution in [0.2, 0.25) is 0 Å². The molecule has 0 atom stereocenters. The molecule has 0 aromatic heterocycles. The minimum Gasteiger partial charge on any atom is -0.333 e. The average molecular weight is 350 g/mol. The highest BCUT2D eigenvalue weighted by Crippen LogP contribution is 2.15. The number of rotatable bonds is 6. The molecule has 0 radical (unpaired) electrons. The molecule has 2 rings (SSSR count). The van der Waals surface area contributed by atoms with Crippen molar-refractivity contribution in [3.63, 3.8) is 0 Å². The van der Waals surface area contributed by atoms with Crippen molar-refractivity contribution in [2.75, 3.05) is 18.9 Å². The Morgan fingerprint density at radius 3 is 2.23 bits per heavy atom. The summed E-state index contributed by atoms with van der Waals surface area (Å²) in [5.74, 6) is 0.0456. The van der Waals surface area contributed by atoms with Gasteiger partial charge in [0.05, 0.1) is 6.54 Å². The third-order valence-electron chi connectivity index (χ3n) is 4.11. The zero-order valence-corrected chi connectivity index (χ0v) is 15.8. The van der Waals surface area contributed by atoms with Crippen molar-refractivity contribution in [1.29, 1.82) is 0 Å². The highest BCUT2D eigenvalue weighted by atomic mass is 16.2. The van der Waals surface area contributed by atoms with Gasteiger partial charge in [-0.15, -0.1) is 0 Å². The second kappa shape index (κ2) is 8.99. The monoisotopic (exact) mass is 350 g/mol. The normalized spacial score (nSPS) is 11.0. The molecule has 2 aromatic rings. The maximum Gasteiger partial charge on any atom is 0.246 e. The number of hydrogen-bond donors (Lipinski definition) is 1. The minimum atomic E-state index is -0.223. The number of likely N-dealkylation sites (N-methyl/N-ethyl adjacent to an activating group) is 1. The molecule has 2 aromatic carbocycles. The zero-order chi connectivity index (χ0) is 19.1. The summed E-state index contributed by atoms with van der Waals surface area (Å²) in [5.41, 5.74) is 4.07. The fraction of sp³-hybridized carbons (Fsp3) is 0.273. The molecule has 0 saturated heterocycles. The molecule has 0 heterocycles. The van der Waals surface area contributed by atoms with Crippen LogP contribution >= 0.6 is 0 Å². The van der Waals surface area contributed by atoms with Crippen LogP contribution < -0.4 is 5.32 Å². The van der Waals surface area contributed by atoms with Gasteiger partial charge in [-0.05, 0) is 42.2 Å². The number of anilines is 1. The molecular formula is C22H26N2O2. The number of nitrogens with one attached hydrogen (secondary N) is 1. The fourth-order valence-electron chi connectivity index (χ4n) is 2.42. The van der Waals surface area contributed by atoms with Crippen LogP contribution in [0.1, 0.15) is 36.5 Å². The molecule has 2 amide bonds. The van der Waals surface area contributed by atoms with Gasteiger partial charge in [-0.25, -0.2) is 0 Å². The molecule has 0 spiro atoms. The van der Waals surface area contributed by atoms with Crippen molar-refractivity contribution in [1.82, 2.24) is 4.90 Å². The Balaban J connectivity index is 1.87. The highest BCUT2D eigenvalue weighted by Gasteiger charge is 2.10. The molecule has 0 unspecified atom stereocenters. The van der Waals surface area contributed by atoms with Crippen molar-refractivity contribution in [3.05, 3.63) is 71.3 Å². The number of nitrogens with zero attached hydrogens (tertiary/aromatic N) is 1. The largest absolute Gasteiger partial charge is 0.333 e.